The molecule has 1 N–H and O–H groups in total. The molecule has 0 aliphatic heterocycles. The Balaban J connectivity index is 1.88. The summed E-state index contributed by atoms with van der Waals surface area (Å²) in [6.07, 6.45) is -1.09. The second-order valence-electron chi connectivity index (χ2n) is 8.31. The van der Waals surface area contributed by atoms with Crippen LogP contribution in [-0.4, -0.2) is 32.5 Å². The third-order valence-electron chi connectivity index (χ3n) is 6.29. The predicted molar refractivity (Wildman–Crippen MR) is 119 cm³/mol. The molecule has 1 aliphatic carbocycles. The number of carbonyl (C=O) groups excluding carboxylic acids is 1. The maximum atomic E-state index is 14.8. The van der Waals surface area contributed by atoms with E-state index in [1.54, 1.807) is 0 Å². The molecule has 0 saturated carbocycles. The number of nitrogens with zero attached hydrogens (tertiary/aromatic N) is 1. The van der Waals surface area contributed by atoms with Gasteiger partial charge < -0.3 is 15.0 Å². The summed E-state index contributed by atoms with van der Waals surface area (Å²) < 4.78 is 53.7. The topological polar surface area (TPSA) is 32.3 Å². The summed E-state index contributed by atoms with van der Waals surface area (Å²) >= 11 is 0. The molecule has 3 nitrogen and oxygen atoms in total. The Morgan fingerprint density at radius 1 is 1.19 bits per heavy atom. The number of hydrogen-bond donors (Lipinski definition) is 1. The van der Waals surface area contributed by atoms with E-state index in [0.717, 1.165) is 49.3 Å². The lowest BCUT2D eigenvalue weighted by Gasteiger charge is -2.30. The lowest BCUT2D eigenvalue weighted by atomic mass is 9.91. The quantitative estimate of drug-likeness (QED) is 0.287. The largest absolute Gasteiger partial charge is 0.416 e. The summed E-state index contributed by atoms with van der Waals surface area (Å²) in [7, 11) is 0. The first-order chi connectivity index (χ1) is 15.3. The monoisotopic (exact) mass is 450 g/mol. The van der Waals surface area contributed by atoms with Gasteiger partial charge in [-0.05, 0) is 60.7 Å². The van der Waals surface area contributed by atoms with Crippen molar-refractivity contribution < 1.29 is 22.4 Å². The SMILES string of the molecule is CCNCCN(CC(CC)c1ccc2c(c1)C(C=O)CC2)c1ccc(C(F)(F)F)cc1F. The van der Waals surface area contributed by atoms with E-state index in [1.807, 2.05) is 18.7 Å². The first-order valence-electron chi connectivity index (χ1n) is 11.2. The molecule has 2 aromatic rings. The van der Waals surface area contributed by atoms with Gasteiger partial charge in [0.1, 0.15) is 12.1 Å². The average Bonchev–Trinajstić information content (AvgIpc) is 3.18. The van der Waals surface area contributed by atoms with Gasteiger partial charge in [-0.25, -0.2) is 4.39 Å². The summed E-state index contributed by atoms with van der Waals surface area (Å²) in [6.45, 7) is 6.28. The molecule has 1 aliphatic rings. The number of alkyl halides is 3. The highest BCUT2D eigenvalue weighted by atomic mass is 19.4. The van der Waals surface area contributed by atoms with E-state index in [1.165, 1.54) is 11.6 Å². The average molecular weight is 451 g/mol. The smallest absolute Gasteiger partial charge is 0.367 e. The molecule has 3 rings (SSSR count). The van der Waals surface area contributed by atoms with Crippen LogP contribution in [0.2, 0.25) is 0 Å². The zero-order valence-electron chi connectivity index (χ0n) is 18.5. The molecule has 0 aromatic heterocycles. The van der Waals surface area contributed by atoms with Gasteiger partial charge in [0.05, 0.1) is 11.3 Å². The number of carbonyl (C=O) groups is 1. The maximum Gasteiger partial charge on any atom is 0.416 e. The van der Waals surface area contributed by atoms with Gasteiger partial charge in [0, 0.05) is 31.5 Å². The van der Waals surface area contributed by atoms with Crippen LogP contribution in [0.4, 0.5) is 23.2 Å². The number of aldehydes is 1. The molecule has 0 saturated heterocycles. The van der Waals surface area contributed by atoms with E-state index in [-0.39, 0.29) is 17.5 Å². The van der Waals surface area contributed by atoms with Crippen molar-refractivity contribution in [2.24, 2.45) is 0 Å². The fourth-order valence-corrected chi connectivity index (χ4v) is 4.42. The van der Waals surface area contributed by atoms with Crippen LogP contribution in [0.3, 0.4) is 0 Å². The van der Waals surface area contributed by atoms with E-state index >= 15 is 0 Å². The first-order valence-corrected chi connectivity index (χ1v) is 11.2. The molecule has 2 atom stereocenters. The van der Waals surface area contributed by atoms with Crippen LogP contribution < -0.4 is 10.2 Å². The van der Waals surface area contributed by atoms with Crippen LogP contribution >= 0.6 is 0 Å². The zero-order valence-corrected chi connectivity index (χ0v) is 18.5. The van der Waals surface area contributed by atoms with Gasteiger partial charge in [0.15, 0.2) is 0 Å². The highest BCUT2D eigenvalue weighted by Crippen LogP contribution is 2.36. The van der Waals surface area contributed by atoms with Crippen molar-refractivity contribution in [2.75, 3.05) is 31.1 Å². The molecule has 2 unspecified atom stereocenters. The van der Waals surface area contributed by atoms with Gasteiger partial charge in [-0.2, -0.15) is 13.2 Å². The predicted octanol–water partition coefficient (Wildman–Crippen LogP) is 5.68. The van der Waals surface area contributed by atoms with Gasteiger partial charge in [0.25, 0.3) is 0 Å². The van der Waals surface area contributed by atoms with Crippen LogP contribution in [0.1, 0.15) is 60.8 Å². The molecule has 174 valence electrons. The minimum atomic E-state index is -4.58. The lowest BCUT2D eigenvalue weighted by Crippen LogP contribution is -2.35. The zero-order chi connectivity index (χ0) is 23.3. The molecule has 0 amide bonds. The summed E-state index contributed by atoms with van der Waals surface area (Å²) in [5, 5.41) is 3.20. The molecule has 0 fully saturated rings. The molecule has 0 spiro atoms. The second-order valence-corrected chi connectivity index (χ2v) is 8.31. The van der Waals surface area contributed by atoms with E-state index in [2.05, 4.69) is 23.5 Å². The van der Waals surface area contributed by atoms with Crippen LogP contribution in [0.15, 0.2) is 36.4 Å². The van der Waals surface area contributed by atoms with Gasteiger partial charge >= 0.3 is 6.18 Å². The Kier molecular flexibility index (Phi) is 7.93. The van der Waals surface area contributed by atoms with Gasteiger partial charge in [0.2, 0.25) is 0 Å². The van der Waals surface area contributed by atoms with Gasteiger partial charge in [-0.15, -0.1) is 0 Å². The maximum absolute atomic E-state index is 14.8. The van der Waals surface area contributed by atoms with Crippen molar-refractivity contribution in [3.8, 4) is 0 Å². The highest BCUT2D eigenvalue weighted by molar-refractivity contribution is 5.65. The van der Waals surface area contributed by atoms with Crippen molar-refractivity contribution in [1.82, 2.24) is 5.32 Å². The summed E-state index contributed by atoms with van der Waals surface area (Å²) in [6, 6.07) is 8.94. The number of rotatable bonds is 10. The molecular weight excluding hydrogens is 420 g/mol. The van der Waals surface area contributed by atoms with Crippen molar-refractivity contribution in [3.63, 3.8) is 0 Å². The van der Waals surface area contributed by atoms with Crippen LogP contribution in [0.5, 0.6) is 0 Å². The van der Waals surface area contributed by atoms with Gasteiger partial charge in [-0.3, -0.25) is 0 Å². The third-order valence-corrected chi connectivity index (χ3v) is 6.29. The summed E-state index contributed by atoms with van der Waals surface area (Å²) in [4.78, 5) is 13.2. The highest BCUT2D eigenvalue weighted by Gasteiger charge is 2.32. The minimum Gasteiger partial charge on any atom is -0.367 e. The Bertz CT molecular complexity index is 929. The van der Waals surface area contributed by atoms with Crippen LogP contribution in [-0.2, 0) is 17.4 Å². The number of fused-ring (bicyclic) bond motifs is 1. The Morgan fingerprint density at radius 3 is 2.59 bits per heavy atom. The fourth-order valence-electron chi connectivity index (χ4n) is 4.42. The first kappa shape index (κ1) is 24.2. The van der Waals surface area contributed by atoms with E-state index in [9.17, 15) is 22.4 Å². The van der Waals surface area contributed by atoms with E-state index < -0.39 is 17.6 Å². The lowest BCUT2D eigenvalue weighted by molar-refractivity contribution is -0.137. The van der Waals surface area contributed by atoms with Crippen LogP contribution in [0.25, 0.3) is 0 Å². The Labute approximate surface area is 186 Å². The van der Waals surface area contributed by atoms with E-state index in [4.69, 9.17) is 0 Å². The number of aryl methyl sites for hydroxylation is 1. The Morgan fingerprint density at radius 2 is 1.97 bits per heavy atom. The summed E-state index contributed by atoms with van der Waals surface area (Å²) in [5.41, 5.74) is 2.51. The number of hydrogen-bond acceptors (Lipinski definition) is 3. The van der Waals surface area contributed by atoms with Crippen molar-refractivity contribution in [3.05, 3.63) is 64.5 Å². The Hall–Kier alpha value is -2.41. The number of anilines is 1. The van der Waals surface area contributed by atoms with Crippen molar-refractivity contribution >= 4 is 12.0 Å². The number of benzene rings is 2. The second kappa shape index (κ2) is 10.5. The molecule has 32 heavy (non-hydrogen) atoms. The van der Waals surface area contributed by atoms with Crippen LogP contribution in [0, 0.1) is 5.82 Å². The van der Waals surface area contributed by atoms with Gasteiger partial charge in [-0.1, -0.05) is 32.0 Å². The third kappa shape index (κ3) is 5.49. The van der Waals surface area contributed by atoms with Crippen molar-refractivity contribution in [1.29, 1.82) is 0 Å². The molecule has 7 heteroatoms. The summed E-state index contributed by atoms with van der Waals surface area (Å²) in [5.74, 6) is -0.905. The number of nitrogens with one attached hydrogen (secondary N) is 1. The molecule has 0 bridgehead atoms. The standard InChI is InChI=1S/C25H30F4N2O/c1-3-17(19-7-5-18-6-8-20(16-32)22(18)13-19)15-31(12-11-30-4-2)24-10-9-21(14-23(24)26)25(27,28)29/h5,7,9-10,13-14,16-17,20,30H,3-4,6,8,11-12,15H2,1-2H3. The fraction of sp³-hybridized carbons (Fsp3) is 0.480. The number of likely N-dealkylation sites (N-methyl/N-ethyl adjacent to an activating group) is 1. The van der Waals surface area contributed by atoms with E-state index in [0.29, 0.717) is 25.7 Å². The molecular formula is C25H30F4N2O. The minimum absolute atomic E-state index is 0.0523. The molecule has 0 heterocycles. The molecule has 2 aromatic carbocycles. The number of halogens is 4. The molecule has 0 radical (unpaired) electrons. The van der Waals surface area contributed by atoms with Crippen molar-refractivity contribution in [2.45, 2.75) is 51.1 Å². The normalized spacial score (nSPS) is 16.6.